The summed E-state index contributed by atoms with van der Waals surface area (Å²) in [5.41, 5.74) is 0.879. The maximum Gasteiger partial charge on any atom is 0.312 e. The van der Waals surface area contributed by atoms with Gasteiger partial charge in [0.2, 0.25) is 6.79 Å². The van der Waals surface area contributed by atoms with Crippen molar-refractivity contribution in [3.05, 3.63) is 64.1 Å². The Hall–Kier alpha value is -3.88. The molecular formula is C20H17N3O6. The molecule has 2 N–H and O–H groups in total. The lowest BCUT2D eigenvalue weighted by Gasteiger charge is -2.08. The summed E-state index contributed by atoms with van der Waals surface area (Å²) < 4.78 is 15.5. The minimum atomic E-state index is -0.618. The zero-order valence-corrected chi connectivity index (χ0v) is 15.3. The molecule has 1 aromatic heterocycles. The molecule has 148 valence electrons. The molecule has 0 aliphatic carbocycles. The van der Waals surface area contributed by atoms with E-state index in [0.29, 0.717) is 28.0 Å². The first-order valence-electron chi connectivity index (χ1n) is 8.87. The van der Waals surface area contributed by atoms with E-state index >= 15 is 0 Å². The molecule has 0 saturated carbocycles. The van der Waals surface area contributed by atoms with Crippen molar-refractivity contribution in [1.29, 1.82) is 0 Å². The molecule has 0 saturated heterocycles. The Morgan fingerprint density at radius 2 is 1.90 bits per heavy atom. The van der Waals surface area contributed by atoms with E-state index in [1.165, 1.54) is 0 Å². The van der Waals surface area contributed by atoms with Crippen molar-refractivity contribution >= 4 is 22.6 Å². The van der Waals surface area contributed by atoms with Gasteiger partial charge in [0, 0.05) is 11.9 Å². The second kappa shape index (κ2) is 8.01. The van der Waals surface area contributed by atoms with Crippen LogP contribution in [0.4, 0.5) is 0 Å². The Balaban J connectivity index is 1.29. The molecule has 2 aromatic carbocycles. The summed E-state index contributed by atoms with van der Waals surface area (Å²) in [6.07, 6.45) is -0.160. The van der Waals surface area contributed by atoms with Crippen LogP contribution < -0.4 is 20.3 Å². The van der Waals surface area contributed by atoms with E-state index in [9.17, 15) is 14.4 Å². The standard InChI is InChI=1S/C20H17N3O6/c24-18(21-9-12-5-6-16-17(7-12)29-11-28-16)10-27-19(25)8-15-13-3-1-2-4-14(13)20(26)23-22-15/h1-7H,8-11H2,(H,21,24)(H,23,26). The minimum Gasteiger partial charge on any atom is -0.455 e. The molecule has 3 aromatic rings. The molecule has 4 rings (SSSR count). The molecule has 1 aliphatic heterocycles. The van der Waals surface area contributed by atoms with E-state index < -0.39 is 18.5 Å². The number of hydrogen-bond acceptors (Lipinski definition) is 7. The molecule has 29 heavy (non-hydrogen) atoms. The number of carbonyl (C=O) groups excluding carboxylic acids is 2. The Bertz CT molecular complexity index is 1140. The molecular weight excluding hydrogens is 378 g/mol. The third-order valence-corrected chi connectivity index (χ3v) is 4.38. The fourth-order valence-electron chi connectivity index (χ4n) is 2.94. The van der Waals surface area contributed by atoms with Gasteiger partial charge in [0.25, 0.3) is 11.5 Å². The van der Waals surface area contributed by atoms with Crippen LogP contribution in [0, 0.1) is 0 Å². The van der Waals surface area contributed by atoms with Crippen LogP contribution in [0.2, 0.25) is 0 Å². The maximum atomic E-state index is 12.1. The summed E-state index contributed by atoms with van der Waals surface area (Å²) in [7, 11) is 0. The fraction of sp³-hybridized carbons (Fsp3) is 0.200. The van der Waals surface area contributed by atoms with Crippen LogP contribution >= 0.6 is 0 Å². The highest BCUT2D eigenvalue weighted by Gasteiger charge is 2.15. The number of carbonyl (C=O) groups is 2. The zero-order chi connectivity index (χ0) is 20.2. The van der Waals surface area contributed by atoms with Gasteiger partial charge in [-0.05, 0) is 23.8 Å². The predicted molar refractivity (Wildman–Crippen MR) is 101 cm³/mol. The van der Waals surface area contributed by atoms with Gasteiger partial charge >= 0.3 is 5.97 Å². The van der Waals surface area contributed by atoms with Gasteiger partial charge in [-0.2, -0.15) is 5.10 Å². The van der Waals surface area contributed by atoms with Gasteiger partial charge in [-0.25, -0.2) is 5.10 Å². The molecule has 1 amide bonds. The monoisotopic (exact) mass is 395 g/mol. The topological polar surface area (TPSA) is 120 Å². The van der Waals surface area contributed by atoms with Gasteiger partial charge in [-0.1, -0.05) is 24.3 Å². The molecule has 0 radical (unpaired) electrons. The SMILES string of the molecule is O=C(COC(=O)Cc1n[nH]c(=O)c2ccccc12)NCc1ccc2c(c1)OCO2. The largest absolute Gasteiger partial charge is 0.455 e. The number of esters is 1. The van der Waals surface area contributed by atoms with Gasteiger partial charge in [0.1, 0.15) is 0 Å². The van der Waals surface area contributed by atoms with Crippen LogP contribution in [0.3, 0.4) is 0 Å². The van der Waals surface area contributed by atoms with Gasteiger partial charge < -0.3 is 19.5 Å². The molecule has 0 atom stereocenters. The Kier molecular flexibility index (Phi) is 5.10. The average Bonchev–Trinajstić information content (AvgIpc) is 3.21. The van der Waals surface area contributed by atoms with E-state index in [1.54, 1.807) is 36.4 Å². The number of fused-ring (bicyclic) bond motifs is 2. The van der Waals surface area contributed by atoms with Gasteiger partial charge in [-0.3, -0.25) is 14.4 Å². The van der Waals surface area contributed by atoms with E-state index in [4.69, 9.17) is 14.2 Å². The highest BCUT2D eigenvalue weighted by molar-refractivity contribution is 5.87. The third kappa shape index (κ3) is 4.18. The smallest absolute Gasteiger partial charge is 0.312 e. The van der Waals surface area contributed by atoms with E-state index in [2.05, 4.69) is 15.5 Å². The lowest BCUT2D eigenvalue weighted by Crippen LogP contribution is -2.28. The van der Waals surface area contributed by atoms with Gasteiger partial charge in [0.05, 0.1) is 17.5 Å². The van der Waals surface area contributed by atoms with Crippen molar-refractivity contribution in [1.82, 2.24) is 15.5 Å². The van der Waals surface area contributed by atoms with E-state index in [0.717, 1.165) is 5.56 Å². The van der Waals surface area contributed by atoms with Gasteiger partial charge in [-0.15, -0.1) is 0 Å². The molecule has 0 spiro atoms. The second-order valence-electron chi connectivity index (χ2n) is 6.35. The Labute approximate surface area is 164 Å². The number of rotatable bonds is 6. The van der Waals surface area contributed by atoms with Crippen molar-refractivity contribution < 1.29 is 23.8 Å². The van der Waals surface area contributed by atoms with Crippen molar-refractivity contribution in [2.45, 2.75) is 13.0 Å². The summed E-state index contributed by atoms with van der Waals surface area (Å²) in [6.45, 7) is 0.0321. The lowest BCUT2D eigenvalue weighted by molar-refractivity contribution is -0.147. The Morgan fingerprint density at radius 3 is 2.76 bits per heavy atom. The van der Waals surface area contributed by atoms with Crippen molar-refractivity contribution in [2.75, 3.05) is 13.4 Å². The predicted octanol–water partition coefficient (Wildman–Crippen LogP) is 1.05. The first-order chi connectivity index (χ1) is 14.1. The van der Waals surface area contributed by atoms with Crippen LogP contribution in [0.25, 0.3) is 10.8 Å². The number of aromatic amines is 1. The first-order valence-corrected chi connectivity index (χ1v) is 8.87. The number of hydrogen-bond donors (Lipinski definition) is 2. The first kappa shape index (κ1) is 18.5. The summed E-state index contributed by atoms with van der Waals surface area (Å²) in [5.74, 6) is 0.240. The molecule has 0 bridgehead atoms. The highest BCUT2D eigenvalue weighted by atomic mass is 16.7. The average molecular weight is 395 g/mol. The van der Waals surface area contributed by atoms with Crippen LogP contribution in [0.5, 0.6) is 11.5 Å². The number of nitrogens with one attached hydrogen (secondary N) is 2. The molecule has 0 unspecified atom stereocenters. The highest BCUT2D eigenvalue weighted by Crippen LogP contribution is 2.32. The molecule has 2 heterocycles. The normalized spacial score (nSPS) is 12.0. The number of benzene rings is 2. The summed E-state index contributed by atoms with van der Waals surface area (Å²) in [6, 6.07) is 12.2. The number of amides is 1. The fourth-order valence-corrected chi connectivity index (χ4v) is 2.94. The van der Waals surface area contributed by atoms with Crippen molar-refractivity contribution in [3.8, 4) is 11.5 Å². The lowest BCUT2D eigenvalue weighted by atomic mass is 10.1. The van der Waals surface area contributed by atoms with Crippen molar-refractivity contribution in [3.63, 3.8) is 0 Å². The maximum absolute atomic E-state index is 12.1. The number of H-pyrrole nitrogens is 1. The quantitative estimate of drug-likeness (QED) is 0.599. The second-order valence-corrected chi connectivity index (χ2v) is 6.35. The van der Waals surface area contributed by atoms with E-state index in [1.807, 2.05) is 6.07 Å². The van der Waals surface area contributed by atoms with Crippen LogP contribution in [-0.4, -0.2) is 35.5 Å². The molecule has 9 heteroatoms. The number of nitrogens with zero attached hydrogens (tertiary/aromatic N) is 1. The number of ether oxygens (including phenoxy) is 3. The summed E-state index contributed by atoms with van der Waals surface area (Å²) in [5, 5.41) is 9.95. The zero-order valence-electron chi connectivity index (χ0n) is 15.3. The van der Waals surface area contributed by atoms with E-state index in [-0.39, 0.29) is 25.3 Å². The van der Waals surface area contributed by atoms with Crippen molar-refractivity contribution in [2.24, 2.45) is 0 Å². The van der Waals surface area contributed by atoms with Crippen LogP contribution in [0.1, 0.15) is 11.3 Å². The number of aromatic nitrogens is 2. The third-order valence-electron chi connectivity index (χ3n) is 4.38. The summed E-state index contributed by atoms with van der Waals surface area (Å²) >= 11 is 0. The molecule has 1 aliphatic rings. The van der Waals surface area contributed by atoms with Gasteiger partial charge in [0.15, 0.2) is 18.1 Å². The summed E-state index contributed by atoms with van der Waals surface area (Å²) in [4.78, 5) is 35.8. The molecule has 0 fully saturated rings. The molecule has 9 nitrogen and oxygen atoms in total. The Morgan fingerprint density at radius 1 is 1.10 bits per heavy atom. The van der Waals surface area contributed by atoms with Crippen LogP contribution in [0.15, 0.2) is 47.3 Å². The minimum absolute atomic E-state index is 0.160. The van der Waals surface area contributed by atoms with Crippen LogP contribution in [-0.2, 0) is 27.3 Å².